The molecule has 0 saturated heterocycles. The second-order valence-electron chi connectivity index (χ2n) is 4.43. The van der Waals surface area contributed by atoms with Gasteiger partial charge in [-0.1, -0.05) is 22.0 Å². The smallest absolute Gasteiger partial charge is 0.123 e. The van der Waals surface area contributed by atoms with Crippen LogP contribution in [0.1, 0.15) is 0 Å². The van der Waals surface area contributed by atoms with Gasteiger partial charge in [0.25, 0.3) is 0 Å². The third-order valence-corrected chi connectivity index (χ3v) is 3.82. The molecule has 0 atom stereocenters. The molecule has 1 heterocycles. The molecule has 0 amide bonds. The number of halogens is 2. The van der Waals surface area contributed by atoms with Crippen LogP contribution in [0.2, 0.25) is 0 Å². The van der Waals surface area contributed by atoms with Crippen LogP contribution in [0.25, 0.3) is 22.2 Å². The van der Waals surface area contributed by atoms with Crippen molar-refractivity contribution in [1.82, 2.24) is 4.98 Å². The van der Waals surface area contributed by atoms with E-state index in [9.17, 15) is 4.39 Å². The van der Waals surface area contributed by atoms with Crippen molar-refractivity contribution in [1.29, 1.82) is 0 Å². The fourth-order valence-electron chi connectivity index (χ4n) is 2.14. The van der Waals surface area contributed by atoms with Crippen LogP contribution in [0.5, 0.6) is 0 Å². The molecule has 0 spiro atoms. The van der Waals surface area contributed by atoms with Gasteiger partial charge in [-0.3, -0.25) is 0 Å². The van der Waals surface area contributed by atoms with Crippen LogP contribution in [0.4, 0.5) is 15.8 Å². The molecule has 4 N–H and O–H groups in total. The van der Waals surface area contributed by atoms with E-state index in [1.54, 1.807) is 12.1 Å². The van der Waals surface area contributed by atoms with Crippen molar-refractivity contribution in [3.8, 4) is 11.3 Å². The summed E-state index contributed by atoms with van der Waals surface area (Å²) < 4.78 is 13.9. The van der Waals surface area contributed by atoms with E-state index in [1.165, 1.54) is 12.1 Å². The first kappa shape index (κ1) is 12.9. The highest BCUT2D eigenvalue weighted by molar-refractivity contribution is 9.10. The molecule has 2 aromatic carbocycles. The lowest BCUT2D eigenvalue weighted by Gasteiger charge is -2.12. The molecule has 3 nitrogen and oxygen atoms in total. The summed E-state index contributed by atoms with van der Waals surface area (Å²) in [6.07, 6.45) is 0. The van der Waals surface area contributed by atoms with Crippen molar-refractivity contribution in [3.05, 3.63) is 52.8 Å². The quantitative estimate of drug-likeness (QED) is 0.709. The normalized spacial score (nSPS) is 10.9. The highest BCUT2D eigenvalue weighted by Crippen LogP contribution is 2.37. The molecule has 1 aromatic heterocycles. The Hall–Kier alpha value is -2.14. The maximum absolute atomic E-state index is 13.0. The summed E-state index contributed by atoms with van der Waals surface area (Å²) in [5.74, 6) is -0.302. The Labute approximate surface area is 123 Å². The SMILES string of the molecule is Nc1c(-c2ccc(F)cc2)nc2cccc(Br)c2c1N. The van der Waals surface area contributed by atoms with Gasteiger partial charge in [0.2, 0.25) is 0 Å². The molecule has 0 bridgehead atoms. The summed E-state index contributed by atoms with van der Waals surface area (Å²) >= 11 is 3.45. The summed E-state index contributed by atoms with van der Waals surface area (Å²) in [4.78, 5) is 4.54. The number of aromatic nitrogens is 1. The second kappa shape index (κ2) is 4.76. The Morgan fingerprint density at radius 1 is 0.950 bits per heavy atom. The van der Waals surface area contributed by atoms with Gasteiger partial charge >= 0.3 is 0 Å². The number of fused-ring (bicyclic) bond motifs is 1. The van der Waals surface area contributed by atoms with Crippen molar-refractivity contribution in [2.24, 2.45) is 0 Å². The van der Waals surface area contributed by atoms with Crippen LogP contribution >= 0.6 is 15.9 Å². The monoisotopic (exact) mass is 331 g/mol. The number of nitrogen functional groups attached to an aromatic ring is 2. The van der Waals surface area contributed by atoms with Gasteiger partial charge in [-0.15, -0.1) is 0 Å². The fourth-order valence-corrected chi connectivity index (χ4v) is 2.71. The first-order valence-corrected chi connectivity index (χ1v) is 6.76. The summed E-state index contributed by atoms with van der Waals surface area (Å²) in [6, 6.07) is 11.6. The Bertz CT molecular complexity index is 800. The molecular formula is C15H11BrFN3. The van der Waals surface area contributed by atoms with Crippen LogP contribution in [0, 0.1) is 5.82 Å². The molecule has 0 aliphatic carbocycles. The van der Waals surface area contributed by atoms with E-state index in [-0.39, 0.29) is 5.82 Å². The van der Waals surface area contributed by atoms with Crippen molar-refractivity contribution in [2.75, 3.05) is 11.5 Å². The van der Waals surface area contributed by atoms with Gasteiger partial charge < -0.3 is 11.5 Å². The molecule has 0 radical (unpaired) electrons. The zero-order valence-corrected chi connectivity index (χ0v) is 12.0. The first-order chi connectivity index (χ1) is 9.58. The summed E-state index contributed by atoms with van der Waals surface area (Å²) in [7, 11) is 0. The van der Waals surface area contributed by atoms with Crippen molar-refractivity contribution in [2.45, 2.75) is 0 Å². The van der Waals surface area contributed by atoms with Gasteiger partial charge in [-0.05, 0) is 36.4 Å². The largest absolute Gasteiger partial charge is 0.396 e. The van der Waals surface area contributed by atoms with Crippen LogP contribution in [-0.2, 0) is 0 Å². The molecule has 5 heteroatoms. The van der Waals surface area contributed by atoms with E-state index in [2.05, 4.69) is 20.9 Å². The van der Waals surface area contributed by atoms with Gasteiger partial charge in [-0.2, -0.15) is 0 Å². The van der Waals surface area contributed by atoms with E-state index >= 15 is 0 Å². The number of nitrogens with zero attached hydrogens (tertiary/aromatic N) is 1. The minimum Gasteiger partial charge on any atom is -0.396 e. The predicted molar refractivity (Wildman–Crippen MR) is 83.7 cm³/mol. The highest BCUT2D eigenvalue weighted by Gasteiger charge is 2.13. The average Bonchev–Trinajstić information content (AvgIpc) is 2.44. The minimum absolute atomic E-state index is 0.302. The molecule has 0 saturated carbocycles. The molecule has 3 aromatic rings. The topological polar surface area (TPSA) is 64.9 Å². The van der Waals surface area contributed by atoms with E-state index in [4.69, 9.17) is 11.5 Å². The molecule has 20 heavy (non-hydrogen) atoms. The number of benzene rings is 2. The van der Waals surface area contributed by atoms with Crippen LogP contribution < -0.4 is 11.5 Å². The number of rotatable bonds is 1. The number of hydrogen-bond acceptors (Lipinski definition) is 3. The Kier molecular flexibility index (Phi) is 3.06. The molecular weight excluding hydrogens is 321 g/mol. The van der Waals surface area contributed by atoms with Crippen molar-refractivity contribution < 1.29 is 4.39 Å². The van der Waals surface area contributed by atoms with Crippen LogP contribution in [0.3, 0.4) is 0 Å². The molecule has 0 aliphatic rings. The summed E-state index contributed by atoms with van der Waals surface area (Å²) in [6.45, 7) is 0. The van der Waals surface area contributed by atoms with Crippen LogP contribution in [0.15, 0.2) is 46.9 Å². The second-order valence-corrected chi connectivity index (χ2v) is 5.28. The minimum atomic E-state index is -0.302. The van der Waals surface area contributed by atoms with Gasteiger partial charge in [0.05, 0.1) is 22.6 Å². The lowest BCUT2D eigenvalue weighted by atomic mass is 10.1. The predicted octanol–water partition coefficient (Wildman–Crippen LogP) is 3.97. The highest BCUT2D eigenvalue weighted by atomic mass is 79.9. The lowest BCUT2D eigenvalue weighted by molar-refractivity contribution is 0.628. The molecule has 0 fully saturated rings. The maximum atomic E-state index is 13.0. The third-order valence-electron chi connectivity index (χ3n) is 3.16. The van der Waals surface area contributed by atoms with Crippen molar-refractivity contribution >= 4 is 38.2 Å². The lowest BCUT2D eigenvalue weighted by Crippen LogP contribution is -2.01. The zero-order valence-electron chi connectivity index (χ0n) is 10.4. The van der Waals surface area contributed by atoms with Gasteiger partial charge in [0.15, 0.2) is 0 Å². The van der Waals surface area contributed by atoms with Gasteiger partial charge in [-0.25, -0.2) is 9.37 Å². The van der Waals surface area contributed by atoms with Crippen LogP contribution in [-0.4, -0.2) is 4.98 Å². The number of anilines is 2. The molecule has 3 rings (SSSR count). The first-order valence-electron chi connectivity index (χ1n) is 5.97. The van der Waals surface area contributed by atoms with Gasteiger partial charge in [0.1, 0.15) is 5.82 Å². The Balaban J connectivity index is 2.32. The average molecular weight is 332 g/mol. The number of nitrogens with two attached hydrogens (primary N) is 2. The number of pyridine rings is 1. The number of hydrogen-bond donors (Lipinski definition) is 2. The maximum Gasteiger partial charge on any atom is 0.123 e. The van der Waals surface area contributed by atoms with E-state index in [1.807, 2.05) is 18.2 Å². The van der Waals surface area contributed by atoms with Crippen molar-refractivity contribution in [3.63, 3.8) is 0 Å². The van der Waals surface area contributed by atoms with E-state index < -0.39 is 0 Å². The third kappa shape index (κ3) is 2.00. The standard InChI is InChI=1S/C15H11BrFN3/c16-10-2-1-3-11-12(10)13(18)14(19)15(20-11)8-4-6-9(17)7-5-8/h1-7H,19H2,(H2,18,20). The summed E-state index contributed by atoms with van der Waals surface area (Å²) in [5.41, 5.74) is 15.1. The Morgan fingerprint density at radius 3 is 2.35 bits per heavy atom. The van der Waals surface area contributed by atoms with E-state index in [0.717, 1.165) is 20.9 Å². The van der Waals surface area contributed by atoms with E-state index in [0.29, 0.717) is 17.1 Å². The fraction of sp³-hybridized carbons (Fsp3) is 0. The summed E-state index contributed by atoms with van der Waals surface area (Å²) in [5, 5.41) is 0.788. The molecule has 100 valence electrons. The van der Waals surface area contributed by atoms with Gasteiger partial charge in [0, 0.05) is 15.4 Å². The Morgan fingerprint density at radius 2 is 1.65 bits per heavy atom. The molecule has 0 aliphatic heterocycles. The molecule has 0 unspecified atom stereocenters. The zero-order chi connectivity index (χ0) is 14.3.